The second kappa shape index (κ2) is 6.12. The molecule has 17 heavy (non-hydrogen) atoms. The number of nitrogens with one attached hydrogen (secondary N) is 1. The largest absolute Gasteiger partial charge is 0.351 e. The van der Waals surface area contributed by atoms with Crippen molar-refractivity contribution in [1.29, 1.82) is 0 Å². The van der Waals surface area contributed by atoms with Crippen LogP contribution in [0.4, 0.5) is 4.39 Å². The minimum atomic E-state index is -0.318. The molecule has 0 radical (unpaired) electrons. The first-order valence-electron chi connectivity index (χ1n) is 5.30. The van der Waals surface area contributed by atoms with E-state index in [1.165, 1.54) is 6.07 Å². The van der Waals surface area contributed by atoms with Crippen LogP contribution in [-0.2, 0) is 0 Å². The number of rotatable bonds is 4. The lowest BCUT2D eigenvalue weighted by Gasteiger charge is -2.11. The van der Waals surface area contributed by atoms with Crippen molar-refractivity contribution in [3.8, 4) is 0 Å². The molecule has 1 amide bonds. The van der Waals surface area contributed by atoms with Gasteiger partial charge in [-0.25, -0.2) is 4.39 Å². The van der Waals surface area contributed by atoms with Crippen LogP contribution in [0.25, 0.3) is 0 Å². The number of hydrogen-bond donors (Lipinski definition) is 1. The fourth-order valence-electron chi connectivity index (χ4n) is 1.32. The number of hydrogen-bond acceptors (Lipinski definition) is 2. The number of carbonyl (C=O) groups excluding carboxylic acids is 1. The summed E-state index contributed by atoms with van der Waals surface area (Å²) in [6, 6.07) is 2.86. The Morgan fingerprint density at radius 3 is 2.71 bits per heavy atom. The maximum absolute atomic E-state index is 13.2. The van der Waals surface area contributed by atoms with Crippen molar-refractivity contribution in [2.45, 2.75) is 6.92 Å². The molecule has 0 aliphatic heterocycles. The summed E-state index contributed by atoms with van der Waals surface area (Å²) in [7, 11) is 3.87. The number of amides is 1. The van der Waals surface area contributed by atoms with Gasteiger partial charge in [-0.15, -0.1) is 0 Å². The van der Waals surface area contributed by atoms with E-state index in [1.54, 1.807) is 13.0 Å². The maximum atomic E-state index is 13.2. The topological polar surface area (TPSA) is 32.3 Å². The highest BCUT2D eigenvalue weighted by molar-refractivity contribution is 9.10. The van der Waals surface area contributed by atoms with Gasteiger partial charge in [0.25, 0.3) is 5.91 Å². The molecule has 1 aromatic rings. The van der Waals surface area contributed by atoms with Gasteiger partial charge in [0.05, 0.1) is 5.56 Å². The van der Waals surface area contributed by atoms with Crippen LogP contribution in [0, 0.1) is 12.7 Å². The SMILES string of the molecule is Cc1cc(C(=O)NCCN(C)C)c(Br)cc1F. The normalized spacial score (nSPS) is 10.7. The Labute approximate surface area is 109 Å². The van der Waals surface area contributed by atoms with Crippen molar-refractivity contribution in [1.82, 2.24) is 10.2 Å². The molecule has 0 saturated heterocycles. The molecule has 5 heteroatoms. The molecule has 0 bridgehead atoms. The fourth-order valence-corrected chi connectivity index (χ4v) is 1.82. The Hall–Kier alpha value is -0.940. The van der Waals surface area contributed by atoms with Gasteiger partial charge in [-0.05, 0) is 54.6 Å². The monoisotopic (exact) mass is 302 g/mol. The summed E-state index contributed by atoms with van der Waals surface area (Å²) in [5, 5.41) is 2.78. The van der Waals surface area contributed by atoms with E-state index in [-0.39, 0.29) is 11.7 Å². The molecular formula is C12H16BrFN2O. The lowest BCUT2D eigenvalue weighted by Crippen LogP contribution is -2.31. The molecule has 0 saturated carbocycles. The minimum absolute atomic E-state index is 0.193. The third kappa shape index (κ3) is 4.09. The molecule has 1 N–H and O–H groups in total. The van der Waals surface area contributed by atoms with Gasteiger partial charge >= 0.3 is 0 Å². The zero-order valence-corrected chi connectivity index (χ0v) is 11.8. The fraction of sp³-hybridized carbons (Fsp3) is 0.417. The molecule has 1 rings (SSSR count). The number of aryl methyl sites for hydroxylation is 1. The highest BCUT2D eigenvalue weighted by Crippen LogP contribution is 2.20. The number of benzene rings is 1. The van der Waals surface area contributed by atoms with Crippen LogP contribution in [0.15, 0.2) is 16.6 Å². The first kappa shape index (κ1) is 14.1. The second-order valence-corrected chi connectivity index (χ2v) is 4.99. The lowest BCUT2D eigenvalue weighted by atomic mass is 10.1. The standard InChI is InChI=1S/C12H16BrFN2O/c1-8-6-9(10(13)7-11(8)14)12(17)15-4-5-16(2)3/h6-7H,4-5H2,1-3H3,(H,15,17). The van der Waals surface area contributed by atoms with Crippen molar-refractivity contribution in [3.63, 3.8) is 0 Å². The molecule has 0 spiro atoms. The summed E-state index contributed by atoms with van der Waals surface area (Å²) < 4.78 is 13.7. The average Bonchev–Trinajstić information content (AvgIpc) is 2.22. The first-order chi connectivity index (χ1) is 7.91. The molecule has 3 nitrogen and oxygen atoms in total. The van der Waals surface area contributed by atoms with Gasteiger partial charge in [-0.2, -0.15) is 0 Å². The minimum Gasteiger partial charge on any atom is -0.351 e. The summed E-state index contributed by atoms with van der Waals surface area (Å²) in [4.78, 5) is 13.8. The van der Waals surface area contributed by atoms with Gasteiger partial charge in [0.1, 0.15) is 5.82 Å². The van der Waals surface area contributed by atoms with Gasteiger partial charge in [0.15, 0.2) is 0 Å². The maximum Gasteiger partial charge on any atom is 0.252 e. The molecule has 1 aromatic carbocycles. The van der Waals surface area contributed by atoms with Crippen LogP contribution >= 0.6 is 15.9 Å². The predicted octanol–water partition coefficient (Wildman–Crippen LogP) is 2.19. The number of likely N-dealkylation sites (N-methyl/N-ethyl adjacent to an activating group) is 1. The van der Waals surface area contributed by atoms with E-state index in [0.29, 0.717) is 22.1 Å². The molecule has 0 aliphatic carbocycles. The van der Waals surface area contributed by atoms with E-state index in [0.717, 1.165) is 6.54 Å². The lowest BCUT2D eigenvalue weighted by molar-refractivity contribution is 0.0950. The van der Waals surface area contributed by atoms with Crippen LogP contribution in [-0.4, -0.2) is 38.0 Å². The molecule has 0 fully saturated rings. The van der Waals surface area contributed by atoms with Gasteiger partial charge in [-0.3, -0.25) is 4.79 Å². The van der Waals surface area contributed by atoms with Crippen molar-refractivity contribution >= 4 is 21.8 Å². The van der Waals surface area contributed by atoms with Crippen LogP contribution in [0.5, 0.6) is 0 Å². The second-order valence-electron chi connectivity index (χ2n) is 4.14. The zero-order chi connectivity index (χ0) is 13.0. The van der Waals surface area contributed by atoms with Crippen molar-refractivity contribution < 1.29 is 9.18 Å². The van der Waals surface area contributed by atoms with Crippen molar-refractivity contribution in [3.05, 3.63) is 33.5 Å². The zero-order valence-electron chi connectivity index (χ0n) is 10.2. The van der Waals surface area contributed by atoms with Gasteiger partial charge in [-0.1, -0.05) is 0 Å². The molecule has 0 unspecified atom stereocenters. The van der Waals surface area contributed by atoms with Crippen molar-refractivity contribution in [2.24, 2.45) is 0 Å². The van der Waals surface area contributed by atoms with Gasteiger partial charge in [0.2, 0.25) is 0 Å². The summed E-state index contributed by atoms with van der Waals surface area (Å²) in [6.07, 6.45) is 0. The first-order valence-corrected chi connectivity index (χ1v) is 6.09. The van der Waals surface area contributed by atoms with E-state index >= 15 is 0 Å². The summed E-state index contributed by atoms with van der Waals surface area (Å²) >= 11 is 3.19. The van der Waals surface area contributed by atoms with Gasteiger partial charge < -0.3 is 10.2 Å². The third-order valence-electron chi connectivity index (χ3n) is 2.34. The van der Waals surface area contributed by atoms with Crippen molar-refractivity contribution in [2.75, 3.05) is 27.2 Å². The highest BCUT2D eigenvalue weighted by atomic mass is 79.9. The van der Waals surface area contributed by atoms with E-state index < -0.39 is 0 Å². The van der Waals surface area contributed by atoms with E-state index in [1.807, 2.05) is 19.0 Å². The molecule has 94 valence electrons. The number of carbonyl (C=O) groups is 1. The van der Waals surface area contributed by atoms with Crippen LogP contribution in [0.1, 0.15) is 15.9 Å². The molecular weight excluding hydrogens is 287 g/mol. The summed E-state index contributed by atoms with van der Waals surface area (Å²) in [6.45, 7) is 2.97. The average molecular weight is 303 g/mol. The molecule has 0 aromatic heterocycles. The quantitative estimate of drug-likeness (QED) is 0.925. The molecule has 0 aliphatic rings. The van der Waals surface area contributed by atoms with E-state index in [9.17, 15) is 9.18 Å². The molecule has 0 heterocycles. The van der Waals surface area contributed by atoms with Crippen LogP contribution < -0.4 is 5.32 Å². The van der Waals surface area contributed by atoms with Crippen LogP contribution in [0.2, 0.25) is 0 Å². The third-order valence-corrected chi connectivity index (χ3v) is 2.99. The summed E-state index contributed by atoms with van der Waals surface area (Å²) in [5.41, 5.74) is 0.925. The smallest absolute Gasteiger partial charge is 0.252 e. The Bertz CT molecular complexity index is 421. The Morgan fingerprint density at radius 1 is 1.47 bits per heavy atom. The Balaban J connectivity index is 2.72. The molecule has 0 atom stereocenters. The summed E-state index contributed by atoms with van der Waals surface area (Å²) in [5.74, 6) is -0.511. The van der Waals surface area contributed by atoms with Crippen LogP contribution in [0.3, 0.4) is 0 Å². The highest BCUT2D eigenvalue weighted by Gasteiger charge is 2.12. The number of halogens is 2. The van der Waals surface area contributed by atoms with E-state index in [2.05, 4.69) is 21.2 Å². The Kier molecular flexibility index (Phi) is 5.08. The Morgan fingerprint density at radius 2 is 2.12 bits per heavy atom. The van der Waals surface area contributed by atoms with E-state index in [4.69, 9.17) is 0 Å². The van der Waals surface area contributed by atoms with Gasteiger partial charge in [0, 0.05) is 17.6 Å². The number of nitrogens with zero attached hydrogens (tertiary/aromatic N) is 1. The predicted molar refractivity (Wildman–Crippen MR) is 69.7 cm³/mol.